The average Bonchev–Trinajstić information content (AvgIpc) is 3.15. The van der Waals surface area contributed by atoms with Crippen LogP contribution < -0.4 is 5.32 Å². The second kappa shape index (κ2) is 8.20. The molecule has 2 N–H and O–H groups in total. The van der Waals surface area contributed by atoms with E-state index in [0.29, 0.717) is 12.1 Å². The van der Waals surface area contributed by atoms with E-state index in [-0.39, 0.29) is 10.6 Å². The summed E-state index contributed by atoms with van der Waals surface area (Å²) < 4.78 is 0. The van der Waals surface area contributed by atoms with Crippen LogP contribution in [0.4, 0.5) is 5.69 Å². The number of rotatable bonds is 5. The minimum absolute atomic E-state index is 0.171. The zero-order valence-electron chi connectivity index (χ0n) is 17.1. The zero-order chi connectivity index (χ0) is 20.5. The number of H-pyrrole nitrogens is 1. The van der Waals surface area contributed by atoms with Crippen molar-refractivity contribution in [3.8, 4) is 0 Å². The van der Waals surface area contributed by atoms with Gasteiger partial charge < -0.3 is 10.3 Å². The molecule has 5 rings (SSSR count). The van der Waals surface area contributed by atoms with Gasteiger partial charge in [0, 0.05) is 47.4 Å². The topological polar surface area (TPSA) is 74.2 Å². The number of benzene rings is 2. The molecule has 1 atom stereocenters. The summed E-state index contributed by atoms with van der Waals surface area (Å²) in [6, 6.07) is 16.7. The highest BCUT2D eigenvalue weighted by Crippen LogP contribution is 2.36. The van der Waals surface area contributed by atoms with Crippen LogP contribution in [-0.4, -0.2) is 33.9 Å². The molecule has 1 aliphatic heterocycles. The molecule has 0 radical (unpaired) electrons. The first-order valence-corrected chi connectivity index (χ1v) is 11.0. The van der Waals surface area contributed by atoms with Gasteiger partial charge in [0.25, 0.3) is 5.69 Å². The molecule has 2 heterocycles. The fourth-order valence-corrected chi connectivity index (χ4v) is 5.11. The number of piperidine rings is 1. The lowest BCUT2D eigenvalue weighted by atomic mass is 9.90. The molecular weight excluding hydrogens is 376 g/mol. The number of nitro groups is 1. The maximum absolute atomic E-state index is 11.2. The Morgan fingerprint density at radius 3 is 2.67 bits per heavy atom. The van der Waals surface area contributed by atoms with Crippen molar-refractivity contribution in [2.24, 2.45) is 0 Å². The van der Waals surface area contributed by atoms with E-state index in [9.17, 15) is 10.1 Å². The molecule has 0 saturated carbocycles. The molecule has 1 unspecified atom stereocenters. The molecule has 0 amide bonds. The van der Waals surface area contributed by atoms with Crippen LogP contribution in [0.25, 0.3) is 10.9 Å². The number of fused-ring (bicyclic) bond motifs is 3. The first kappa shape index (κ1) is 19.3. The Kier molecular flexibility index (Phi) is 5.27. The third-order valence-corrected chi connectivity index (χ3v) is 6.68. The number of aromatic amines is 1. The van der Waals surface area contributed by atoms with E-state index in [2.05, 4.69) is 45.5 Å². The molecule has 3 aromatic rings. The summed E-state index contributed by atoms with van der Waals surface area (Å²) in [5, 5.41) is 16.1. The third-order valence-electron chi connectivity index (χ3n) is 6.68. The highest BCUT2D eigenvalue weighted by Gasteiger charge is 2.28. The second-order valence-corrected chi connectivity index (χ2v) is 8.65. The molecule has 1 fully saturated rings. The summed E-state index contributed by atoms with van der Waals surface area (Å²) in [6.07, 6.45) is 5.54. The van der Waals surface area contributed by atoms with Gasteiger partial charge in [-0.1, -0.05) is 30.3 Å². The maximum Gasteiger partial charge on any atom is 0.270 e. The van der Waals surface area contributed by atoms with Crippen molar-refractivity contribution in [2.45, 2.75) is 50.7 Å². The summed E-state index contributed by atoms with van der Waals surface area (Å²) in [6.45, 7) is 3.26. The summed E-state index contributed by atoms with van der Waals surface area (Å²) in [7, 11) is 0. The molecular formula is C24H28N4O2. The van der Waals surface area contributed by atoms with Gasteiger partial charge >= 0.3 is 0 Å². The first-order valence-electron chi connectivity index (χ1n) is 11.0. The van der Waals surface area contributed by atoms with Gasteiger partial charge in [0.2, 0.25) is 0 Å². The van der Waals surface area contributed by atoms with Crippen LogP contribution in [0.1, 0.15) is 48.5 Å². The molecule has 1 aliphatic carbocycles. The van der Waals surface area contributed by atoms with Gasteiger partial charge in [-0.2, -0.15) is 0 Å². The number of aromatic nitrogens is 1. The van der Waals surface area contributed by atoms with Crippen molar-refractivity contribution in [3.63, 3.8) is 0 Å². The monoisotopic (exact) mass is 404 g/mol. The van der Waals surface area contributed by atoms with Crippen molar-refractivity contribution in [1.29, 1.82) is 0 Å². The number of hydrogen-bond acceptors (Lipinski definition) is 4. The molecule has 1 aromatic heterocycles. The normalized spacial score (nSPS) is 20.3. The minimum Gasteiger partial charge on any atom is -0.357 e. The number of hydrogen-bond donors (Lipinski definition) is 2. The number of aryl methyl sites for hydroxylation is 1. The van der Waals surface area contributed by atoms with E-state index in [1.54, 1.807) is 12.1 Å². The van der Waals surface area contributed by atoms with Gasteiger partial charge in [0.1, 0.15) is 0 Å². The van der Waals surface area contributed by atoms with E-state index in [0.717, 1.165) is 62.6 Å². The second-order valence-electron chi connectivity index (χ2n) is 8.65. The summed E-state index contributed by atoms with van der Waals surface area (Å²) in [5.74, 6) is 0. The van der Waals surface area contributed by atoms with Gasteiger partial charge in [-0.3, -0.25) is 15.0 Å². The Labute approximate surface area is 176 Å². The fraction of sp³-hybridized carbons (Fsp3) is 0.417. The Morgan fingerprint density at radius 2 is 1.90 bits per heavy atom. The highest BCUT2D eigenvalue weighted by molar-refractivity contribution is 5.87. The van der Waals surface area contributed by atoms with Crippen LogP contribution in [-0.2, 0) is 13.0 Å². The van der Waals surface area contributed by atoms with Crippen LogP contribution in [0.2, 0.25) is 0 Å². The fourth-order valence-electron chi connectivity index (χ4n) is 5.11. The Bertz CT molecular complexity index is 1040. The molecule has 6 heteroatoms. The van der Waals surface area contributed by atoms with Crippen LogP contribution in [0.15, 0.2) is 48.5 Å². The number of non-ortho nitro benzene ring substituents is 1. The van der Waals surface area contributed by atoms with Crippen LogP contribution in [0.5, 0.6) is 0 Å². The SMILES string of the molecule is O=[N+]([O-])c1ccc2[nH]c3c(c2c1)CCCC3NC1CCN(Cc2ccccc2)CC1. The van der Waals surface area contributed by atoms with Gasteiger partial charge in [0.15, 0.2) is 0 Å². The Hall–Kier alpha value is -2.70. The molecule has 0 spiro atoms. The van der Waals surface area contributed by atoms with Crippen LogP contribution in [0, 0.1) is 10.1 Å². The van der Waals surface area contributed by atoms with Crippen molar-refractivity contribution in [2.75, 3.05) is 13.1 Å². The van der Waals surface area contributed by atoms with Crippen LogP contribution >= 0.6 is 0 Å². The average molecular weight is 405 g/mol. The predicted octanol–water partition coefficient (Wildman–Crippen LogP) is 4.71. The summed E-state index contributed by atoms with van der Waals surface area (Å²) in [4.78, 5) is 17.0. The highest BCUT2D eigenvalue weighted by atomic mass is 16.6. The van der Waals surface area contributed by atoms with E-state index in [1.165, 1.54) is 16.8 Å². The van der Waals surface area contributed by atoms with Crippen LogP contribution in [0.3, 0.4) is 0 Å². The smallest absolute Gasteiger partial charge is 0.270 e. The predicted molar refractivity (Wildman–Crippen MR) is 119 cm³/mol. The van der Waals surface area contributed by atoms with E-state index in [1.807, 2.05) is 6.07 Å². The molecule has 2 aromatic carbocycles. The molecule has 1 saturated heterocycles. The molecule has 156 valence electrons. The lowest BCUT2D eigenvalue weighted by Crippen LogP contribution is -2.44. The molecule has 6 nitrogen and oxygen atoms in total. The standard InChI is InChI=1S/C24H28N4O2/c29-28(30)19-9-10-22-21(15-19)20-7-4-8-23(24(20)26-22)25-18-11-13-27(14-12-18)16-17-5-2-1-3-6-17/h1-3,5-6,9-10,15,18,23,25-26H,4,7-8,11-14,16H2. The third kappa shape index (κ3) is 3.85. The largest absolute Gasteiger partial charge is 0.357 e. The van der Waals surface area contributed by atoms with Gasteiger partial charge in [-0.05, 0) is 62.4 Å². The molecule has 30 heavy (non-hydrogen) atoms. The molecule has 2 aliphatic rings. The van der Waals surface area contributed by atoms with Crippen molar-refractivity contribution in [3.05, 3.63) is 75.5 Å². The maximum atomic E-state index is 11.2. The van der Waals surface area contributed by atoms with E-state index in [4.69, 9.17) is 0 Å². The lowest BCUT2D eigenvalue weighted by molar-refractivity contribution is -0.384. The Morgan fingerprint density at radius 1 is 1.10 bits per heavy atom. The summed E-state index contributed by atoms with van der Waals surface area (Å²) >= 11 is 0. The van der Waals surface area contributed by atoms with E-state index < -0.39 is 0 Å². The van der Waals surface area contributed by atoms with Crippen molar-refractivity contribution < 1.29 is 4.92 Å². The number of nitrogens with one attached hydrogen (secondary N) is 2. The summed E-state index contributed by atoms with van der Waals surface area (Å²) in [5.41, 5.74) is 5.07. The molecule has 0 bridgehead atoms. The van der Waals surface area contributed by atoms with E-state index >= 15 is 0 Å². The Balaban J connectivity index is 1.26. The van der Waals surface area contributed by atoms with Gasteiger partial charge in [0.05, 0.1) is 4.92 Å². The van der Waals surface area contributed by atoms with Gasteiger partial charge in [-0.25, -0.2) is 0 Å². The zero-order valence-corrected chi connectivity index (χ0v) is 17.1. The minimum atomic E-state index is -0.305. The first-order chi connectivity index (χ1) is 14.7. The number of likely N-dealkylation sites (tertiary alicyclic amines) is 1. The number of nitro benzene ring substituents is 1. The van der Waals surface area contributed by atoms with Crippen molar-refractivity contribution >= 4 is 16.6 Å². The number of nitrogens with zero attached hydrogens (tertiary/aromatic N) is 2. The van der Waals surface area contributed by atoms with Crippen molar-refractivity contribution in [1.82, 2.24) is 15.2 Å². The van der Waals surface area contributed by atoms with Gasteiger partial charge in [-0.15, -0.1) is 0 Å². The quantitative estimate of drug-likeness (QED) is 0.477. The lowest BCUT2D eigenvalue weighted by Gasteiger charge is -2.35.